The molecule has 0 radical (unpaired) electrons. The topological polar surface area (TPSA) is 46.3 Å². The smallest absolute Gasteiger partial charge is 0.126 e. The number of aryl methyl sites for hydroxylation is 1. The van der Waals surface area contributed by atoms with Crippen molar-refractivity contribution in [1.29, 1.82) is 0 Å². The van der Waals surface area contributed by atoms with Gasteiger partial charge < -0.3 is 9.63 Å². The van der Waals surface area contributed by atoms with Crippen molar-refractivity contribution >= 4 is 0 Å². The van der Waals surface area contributed by atoms with Gasteiger partial charge in [-0.1, -0.05) is 29.4 Å². The van der Waals surface area contributed by atoms with Crippen LogP contribution in [0.15, 0.2) is 41.2 Å². The molecule has 1 aliphatic carbocycles. The van der Waals surface area contributed by atoms with Gasteiger partial charge in [0.25, 0.3) is 0 Å². The van der Waals surface area contributed by atoms with E-state index in [2.05, 4.69) is 11.2 Å². The molecule has 2 aromatic rings. The van der Waals surface area contributed by atoms with Gasteiger partial charge in [0, 0.05) is 5.56 Å². The molecule has 0 bridgehead atoms. The summed E-state index contributed by atoms with van der Waals surface area (Å²) in [6.45, 7) is 0. The van der Waals surface area contributed by atoms with Gasteiger partial charge in [0.15, 0.2) is 0 Å². The lowest BCUT2D eigenvalue weighted by Crippen LogP contribution is -2.22. The van der Waals surface area contributed by atoms with E-state index in [9.17, 15) is 5.11 Å². The molecule has 1 aromatic heterocycles. The van der Waals surface area contributed by atoms with Crippen LogP contribution < -0.4 is 0 Å². The second-order valence-electron chi connectivity index (χ2n) is 4.68. The van der Waals surface area contributed by atoms with Gasteiger partial charge in [-0.2, -0.15) is 0 Å². The number of hydrogen-bond donors (Lipinski definition) is 1. The van der Waals surface area contributed by atoms with Gasteiger partial charge in [-0.05, 0) is 36.3 Å². The third kappa shape index (κ3) is 1.98. The summed E-state index contributed by atoms with van der Waals surface area (Å²) in [5.74, 6) is 0.268. The zero-order valence-corrected chi connectivity index (χ0v) is 9.54. The minimum Gasteiger partial charge on any atom is -0.388 e. The molecule has 0 amide bonds. The fraction of sp³-hybridized carbons (Fsp3) is 0.357. The van der Waals surface area contributed by atoms with Crippen molar-refractivity contribution in [2.45, 2.75) is 25.4 Å². The van der Waals surface area contributed by atoms with Crippen molar-refractivity contribution in [3.8, 4) is 0 Å². The summed E-state index contributed by atoms with van der Waals surface area (Å²) >= 11 is 0. The third-order valence-corrected chi connectivity index (χ3v) is 3.59. The molecule has 1 heterocycles. The number of benzene rings is 1. The minimum atomic E-state index is -0.366. The lowest BCUT2D eigenvalue weighted by Gasteiger charge is -2.29. The van der Waals surface area contributed by atoms with Gasteiger partial charge in [0.05, 0.1) is 12.3 Å². The van der Waals surface area contributed by atoms with Gasteiger partial charge in [0.1, 0.15) is 6.26 Å². The van der Waals surface area contributed by atoms with E-state index in [1.165, 1.54) is 5.56 Å². The Morgan fingerprint density at radius 2 is 2.24 bits per heavy atom. The molecule has 0 aliphatic heterocycles. The van der Waals surface area contributed by atoms with Crippen molar-refractivity contribution in [3.05, 3.63) is 53.4 Å². The lowest BCUT2D eigenvalue weighted by molar-refractivity contribution is 0.0936. The van der Waals surface area contributed by atoms with E-state index in [1.807, 2.05) is 18.2 Å². The Morgan fingerprint density at radius 1 is 1.35 bits per heavy atom. The van der Waals surface area contributed by atoms with Crippen LogP contribution in [0, 0.1) is 5.92 Å². The first-order chi connectivity index (χ1) is 8.34. The zero-order chi connectivity index (χ0) is 11.7. The van der Waals surface area contributed by atoms with Crippen LogP contribution in [0.4, 0.5) is 0 Å². The number of nitrogens with zero attached hydrogens (tertiary/aromatic N) is 1. The molecule has 3 heteroatoms. The highest BCUT2D eigenvalue weighted by Gasteiger charge is 2.27. The van der Waals surface area contributed by atoms with Gasteiger partial charge in [-0.15, -0.1) is 0 Å². The van der Waals surface area contributed by atoms with E-state index >= 15 is 0 Å². The standard InChI is InChI=1S/C14H15NO2/c16-14-12(7-10-8-15-17-9-10)6-5-11-3-1-2-4-13(11)14/h1-4,8-9,12,14,16H,5-7H2. The predicted molar refractivity (Wildman–Crippen MR) is 63.4 cm³/mol. The Bertz CT molecular complexity index is 493. The van der Waals surface area contributed by atoms with Gasteiger partial charge in [-0.3, -0.25) is 0 Å². The number of aromatic nitrogens is 1. The van der Waals surface area contributed by atoms with Crippen molar-refractivity contribution < 1.29 is 9.63 Å². The van der Waals surface area contributed by atoms with E-state index in [1.54, 1.807) is 12.5 Å². The Kier molecular flexibility index (Phi) is 2.69. The molecular weight excluding hydrogens is 214 g/mol. The minimum absolute atomic E-state index is 0.268. The van der Waals surface area contributed by atoms with E-state index in [-0.39, 0.29) is 12.0 Å². The maximum Gasteiger partial charge on any atom is 0.126 e. The highest BCUT2D eigenvalue weighted by atomic mass is 16.5. The highest BCUT2D eigenvalue weighted by molar-refractivity contribution is 5.32. The van der Waals surface area contributed by atoms with Gasteiger partial charge in [-0.25, -0.2) is 0 Å². The van der Waals surface area contributed by atoms with Crippen LogP contribution in [0.5, 0.6) is 0 Å². The molecule has 3 nitrogen and oxygen atoms in total. The highest BCUT2D eigenvalue weighted by Crippen LogP contribution is 2.35. The largest absolute Gasteiger partial charge is 0.388 e. The van der Waals surface area contributed by atoms with Crippen LogP contribution in [0.3, 0.4) is 0 Å². The van der Waals surface area contributed by atoms with Crippen LogP contribution in [-0.2, 0) is 12.8 Å². The van der Waals surface area contributed by atoms with Crippen molar-refractivity contribution in [1.82, 2.24) is 5.16 Å². The number of rotatable bonds is 2. The molecule has 0 fully saturated rings. The lowest BCUT2D eigenvalue weighted by atomic mass is 9.79. The fourth-order valence-corrected chi connectivity index (χ4v) is 2.65. The Hall–Kier alpha value is -1.61. The summed E-state index contributed by atoms with van der Waals surface area (Å²) in [5, 5.41) is 14.1. The Labute approximate surface area is 100 Å². The van der Waals surface area contributed by atoms with Gasteiger partial charge >= 0.3 is 0 Å². The molecule has 1 aliphatic rings. The Balaban J connectivity index is 1.82. The Morgan fingerprint density at radius 3 is 3.06 bits per heavy atom. The normalized spacial score (nSPS) is 23.4. The molecule has 3 rings (SSSR count). The maximum absolute atomic E-state index is 10.4. The number of aliphatic hydroxyl groups is 1. The average Bonchev–Trinajstić information content (AvgIpc) is 2.86. The molecule has 0 saturated heterocycles. The SMILES string of the molecule is OC1c2ccccc2CCC1Cc1cnoc1. The first-order valence-corrected chi connectivity index (χ1v) is 5.98. The number of hydrogen-bond acceptors (Lipinski definition) is 3. The van der Waals surface area contributed by atoms with Crippen LogP contribution >= 0.6 is 0 Å². The second-order valence-corrected chi connectivity index (χ2v) is 4.68. The summed E-state index contributed by atoms with van der Waals surface area (Å²) in [7, 11) is 0. The first kappa shape index (κ1) is 10.5. The van der Waals surface area contributed by atoms with Crippen molar-refractivity contribution in [3.63, 3.8) is 0 Å². The number of fused-ring (bicyclic) bond motifs is 1. The summed E-state index contributed by atoms with van der Waals surface area (Å²) in [4.78, 5) is 0. The quantitative estimate of drug-likeness (QED) is 0.860. The molecule has 0 spiro atoms. The monoisotopic (exact) mass is 229 g/mol. The van der Waals surface area contributed by atoms with E-state index in [0.717, 1.165) is 30.4 Å². The molecule has 2 atom stereocenters. The van der Waals surface area contributed by atoms with Crippen molar-refractivity contribution in [2.24, 2.45) is 5.92 Å². The molecular formula is C14H15NO2. The number of aliphatic hydroxyl groups excluding tert-OH is 1. The summed E-state index contributed by atoms with van der Waals surface area (Å²) in [6, 6.07) is 8.16. The van der Waals surface area contributed by atoms with Crippen LogP contribution in [0.25, 0.3) is 0 Å². The molecule has 88 valence electrons. The van der Waals surface area contributed by atoms with Crippen LogP contribution in [-0.4, -0.2) is 10.3 Å². The second kappa shape index (κ2) is 4.34. The first-order valence-electron chi connectivity index (χ1n) is 5.98. The van der Waals surface area contributed by atoms with Gasteiger partial charge in [0.2, 0.25) is 0 Å². The third-order valence-electron chi connectivity index (χ3n) is 3.59. The van der Waals surface area contributed by atoms with Crippen LogP contribution in [0.1, 0.15) is 29.2 Å². The summed E-state index contributed by atoms with van der Waals surface area (Å²) < 4.78 is 4.83. The molecule has 2 unspecified atom stereocenters. The molecule has 0 saturated carbocycles. The zero-order valence-electron chi connectivity index (χ0n) is 9.54. The average molecular weight is 229 g/mol. The molecule has 1 N–H and O–H groups in total. The van der Waals surface area contributed by atoms with Crippen LogP contribution in [0.2, 0.25) is 0 Å². The fourth-order valence-electron chi connectivity index (χ4n) is 2.65. The summed E-state index contributed by atoms with van der Waals surface area (Å²) in [5.41, 5.74) is 3.43. The van der Waals surface area contributed by atoms with Crippen molar-refractivity contribution in [2.75, 3.05) is 0 Å². The molecule has 1 aromatic carbocycles. The molecule has 17 heavy (non-hydrogen) atoms. The van der Waals surface area contributed by atoms with E-state index in [0.29, 0.717) is 0 Å². The maximum atomic E-state index is 10.4. The predicted octanol–water partition coefficient (Wildman–Crippen LogP) is 2.51. The summed E-state index contributed by atoms with van der Waals surface area (Å²) in [6.07, 6.45) is 5.92. The van der Waals surface area contributed by atoms with E-state index in [4.69, 9.17) is 4.52 Å². The van der Waals surface area contributed by atoms with E-state index < -0.39 is 0 Å².